The van der Waals surface area contributed by atoms with Crippen molar-refractivity contribution in [2.45, 2.75) is 31.4 Å². The zero-order valence-corrected chi connectivity index (χ0v) is 10.7. The highest BCUT2D eigenvalue weighted by molar-refractivity contribution is 5.82. The van der Waals surface area contributed by atoms with Gasteiger partial charge in [-0.05, 0) is 6.92 Å². The molecule has 1 atom stereocenters. The molecule has 7 nitrogen and oxygen atoms in total. The fraction of sp³-hybridized carbons (Fsp3) is 0.818. The van der Waals surface area contributed by atoms with Gasteiger partial charge in [-0.1, -0.05) is 0 Å². The normalized spacial score (nSPS) is 19.9. The van der Waals surface area contributed by atoms with E-state index in [1.165, 1.54) is 18.9 Å². The van der Waals surface area contributed by atoms with E-state index in [4.69, 9.17) is 9.84 Å². The van der Waals surface area contributed by atoms with Crippen molar-refractivity contribution in [3.63, 3.8) is 0 Å². The van der Waals surface area contributed by atoms with Crippen LogP contribution in [0.3, 0.4) is 0 Å². The lowest BCUT2D eigenvalue weighted by Gasteiger charge is -2.35. The molecule has 0 aromatic rings. The molecule has 1 saturated heterocycles. The molecule has 0 radical (unpaired) electrons. The number of ether oxygens (including phenoxy) is 1. The van der Waals surface area contributed by atoms with Crippen LogP contribution in [0.1, 0.15) is 19.8 Å². The van der Waals surface area contributed by atoms with Crippen LogP contribution >= 0.6 is 0 Å². The second kappa shape index (κ2) is 6.01. The second-order valence-corrected chi connectivity index (χ2v) is 4.70. The first-order chi connectivity index (χ1) is 8.34. The molecule has 1 aliphatic rings. The number of hydrogen-bond donors (Lipinski definition) is 3. The average molecular weight is 260 g/mol. The van der Waals surface area contributed by atoms with Gasteiger partial charge in [0.25, 0.3) is 0 Å². The quantitative estimate of drug-likeness (QED) is 0.641. The number of aliphatic hydroxyl groups is 1. The molecule has 1 aliphatic heterocycles. The molecule has 1 heterocycles. The minimum Gasteiger partial charge on any atom is -0.480 e. The zero-order valence-electron chi connectivity index (χ0n) is 10.7. The summed E-state index contributed by atoms with van der Waals surface area (Å²) < 4.78 is 5.15. The van der Waals surface area contributed by atoms with E-state index < -0.39 is 23.6 Å². The lowest BCUT2D eigenvalue weighted by atomic mass is 9.94. The van der Waals surface area contributed by atoms with Gasteiger partial charge in [0.05, 0.1) is 12.1 Å². The summed E-state index contributed by atoms with van der Waals surface area (Å²) >= 11 is 0. The molecule has 2 amide bonds. The van der Waals surface area contributed by atoms with Crippen molar-refractivity contribution in [3.05, 3.63) is 0 Å². The average Bonchev–Trinajstić information content (AvgIpc) is 2.28. The van der Waals surface area contributed by atoms with Gasteiger partial charge in [0.15, 0.2) is 0 Å². The van der Waals surface area contributed by atoms with Crippen molar-refractivity contribution in [2.24, 2.45) is 0 Å². The van der Waals surface area contributed by atoms with Crippen molar-refractivity contribution in [2.75, 3.05) is 26.8 Å². The van der Waals surface area contributed by atoms with Crippen LogP contribution in [0.2, 0.25) is 0 Å². The minimum absolute atomic E-state index is 0.161. The van der Waals surface area contributed by atoms with Gasteiger partial charge in [-0.2, -0.15) is 0 Å². The summed E-state index contributed by atoms with van der Waals surface area (Å²) in [4.78, 5) is 23.6. The van der Waals surface area contributed by atoms with E-state index in [-0.39, 0.29) is 6.54 Å². The Morgan fingerprint density at radius 3 is 2.50 bits per heavy atom. The molecule has 0 spiro atoms. The number of aliphatic carboxylic acids is 1. The van der Waals surface area contributed by atoms with Gasteiger partial charge in [0, 0.05) is 33.1 Å². The van der Waals surface area contributed by atoms with Crippen molar-refractivity contribution in [3.8, 4) is 0 Å². The standard InChI is InChI=1S/C11H20N2O5/c1-8(9(14)15)12-10(16)13(2)7-11(17)3-5-18-6-4-11/h8,17H,3-7H2,1-2H3,(H,12,16)(H,14,15). The lowest BCUT2D eigenvalue weighted by molar-refractivity contribution is -0.138. The van der Waals surface area contributed by atoms with Crippen molar-refractivity contribution in [1.29, 1.82) is 0 Å². The van der Waals surface area contributed by atoms with Gasteiger partial charge in [-0.25, -0.2) is 4.79 Å². The van der Waals surface area contributed by atoms with Crippen LogP contribution < -0.4 is 5.32 Å². The Hall–Kier alpha value is -1.34. The van der Waals surface area contributed by atoms with Crippen molar-refractivity contribution < 1.29 is 24.5 Å². The Labute approximate surface area is 106 Å². The second-order valence-electron chi connectivity index (χ2n) is 4.70. The van der Waals surface area contributed by atoms with E-state index in [0.29, 0.717) is 26.1 Å². The van der Waals surface area contributed by atoms with Crippen LogP contribution in [0.15, 0.2) is 0 Å². The summed E-state index contributed by atoms with van der Waals surface area (Å²) in [6, 6.07) is -1.46. The first-order valence-electron chi connectivity index (χ1n) is 5.89. The van der Waals surface area contributed by atoms with E-state index in [1.54, 1.807) is 0 Å². The molecule has 0 aliphatic carbocycles. The zero-order chi connectivity index (χ0) is 13.8. The number of amides is 2. The summed E-state index contributed by atoms with van der Waals surface area (Å²) in [5.41, 5.74) is -0.948. The number of likely N-dealkylation sites (N-methyl/N-ethyl adjacent to an activating group) is 1. The van der Waals surface area contributed by atoms with Crippen molar-refractivity contribution in [1.82, 2.24) is 10.2 Å². The van der Waals surface area contributed by atoms with E-state index in [1.807, 2.05) is 0 Å². The summed E-state index contributed by atoms with van der Waals surface area (Å²) in [6.07, 6.45) is 0.943. The maximum Gasteiger partial charge on any atom is 0.325 e. The number of carbonyl (C=O) groups excluding carboxylic acids is 1. The summed E-state index contributed by atoms with van der Waals surface area (Å²) in [5.74, 6) is -1.10. The maximum atomic E-state index is 11.7. The van der Waals surface area contributed by atoms with Crippen LogP contribution in [-0.2, 0) is 9.53 Å². The fourth-order valence-corrected chi connectivity index (χ4v) is 1.78. The van der Waals surface area contributed by atoms with Gasteiger partial charge >= 0.3 is 12.0 Å². The molecule has 0 saturated carbocycles. The Kier molecular flexibility index (Phi) is 4.92. The fourth-order valence-electron chi connectivity index (χ4n) is 1.78. The third-order valence-corrected chi connectivity index (χ3v) is 3.01. The van der Waals surface area contributed by atoms with Crippen LogP contribution in [0, 0.1) is 0 Å². The van der Waals surface area contributed by atoms with Crippen LogP contribution in [-0.4, -0.2) is 65.6 Å². The number of rotatable bonds is 4. The van der Waals surface area contributed by atoms with Gasteiger partial charge in [-0.15, -0.1) is 0 Å². The highest BCUT2D eigenvalue weighted by atomic mass is 16.5. The van der Waals surface area contributed by atoms with Crippen LogP contribution in [0.25, 0.3) is 0 Å². The number of hydrogen-bond acceptors (Lipinski definition) is 4. The highest BCUT2D eigenvalue weighted by Gasteiger charge is 2.32. The van der Waals surface area contributed by atoms with Crippen molar-refractivity contribution >= 4 is 12.0 Å². The smallest absolute Gasteiger partial charge is 0.325 e. The van der Waals surface area contributed by atoms with E-state index in [0.717, 1.165) is 0 Å². The summed E-state index contributed by atoms with van der Waals surface area (Å²) in [5, 5.41) is 21.2. The lowest BCUT2D eigenvalue weighted by Crippen LogP contribution is -2.52. The first-order valence-corrected chi connectivity index (χ1v) is 5.89. The molecule has 0 aromatic heterocycles. The summed E-state index contributed by atoms with van der Waals surface area (Å²) in [7, 11) is 1.53. The molecule has 1 rings (SSSR count). The predicted octanol–water partition coefficient (Wildman–Crippen LogP) is -0.358. The Morgan fingerprint density at radius 1 is 1.44 bits per heavy atom. The summed E-state index contributed by atoms with van der Waals surface area (Å²) in [6.45, 7) is 2.49. The molecule has 1 fully saturated rings. The molecule has 104 valence electrons. The monoisotopic (exact) mass is 260 g/mol. The Morgan fingerprint density at radius 2 is 2.00 bits per heavy atom. The predicted molar refractivity (Wildman–Crippen MR) is 63.3 cm³/mol. The Balaban J connectivity index is 2.46. The van der Waals surface area contributed by atoms with Gasteiger partial charge in [0.1, 0.15) is 6.04 Å². The largest absolute Gasteiger partial charge is 0.480 e. The molecular weight excluding hydrogens is 240 g/mol. The molecular formula is C11H20N2O5. The number of urea groups is 1. The minimum atomic E-state index is -1.10. The Bertz CT molecular complexity index is 315. The number of carboxylic acid groups (broad SMARTS) is 1. The van der Waals surface area contributed by atoms with Gasteiger partial charge in [0.2, 0.25) is 0 Å². The van der Waals surface area contributed by atoms with E-state index in [2.05, 4.69) is 5.32 Å². The van der Waals surface area contributed by atoms with E-state index in [9.17, 15) is 14.7 Å². The highest BCUT2D eigenvalue weighted by Crippen LogP contribution is 2.21. The van der Waals surface area contributed by atoms with E-state index >= 15 is 0 Å². The topological polar surface area (TPSA) is 99.1 Å². The third-order valence-electron chi connectivity index (χ3n) is 3.01. The molecule has 1 unspecified atom stereocenters. The number of nitrogens with zero attached hydrogens (tertiary/aromatic N) is 1. The van der Waals surface area contributed by atoms with Gasteiger partial charge in [-0.3, -0.25) is 4.79 Å². The first kappa shape index (κ1) is 14.7. The molecule has 3 N–H and O–H groups in total. The SMILES string of the molecule is CC(NC(=O)N(C)CC1(O)CCOCC1)C(=O)O. The number of carboxylic acids is 1. The molecule has 7 heteroatoms. The van der Waals surface area contributed by atoms with Gasteiger partial charge < -0.3 is 25.2 Å². The number of nitrogens with one attached hydrogen (secondary N) is 1. The maximum absolute atomic E-state index is 11.7. The van der Waals surface area contributed by atoms with Crippen LogP contribution in [0.5, 0.6) is 0 Å². The molecule has 18 heavy (non-hydrogen) atoms. The third kappa shape index (κ3) is 4.15. The molecule has 0 aromatic carbocycles. The number of carbonyl (C=O) groups is 2. The molecule has 0 bridgehead atoms. The van der Waals surface area contributed by atoms with Crippen LogP contribution in [0.4, 0.5) is 4.79 Å².